The molecule has 1 heterocycles. The smallest absolute Gasteiger partial charge is 0.251 e. The summed E-state index contributed by atoms with van der Waals surface area (Å²) in [6.07, 6.45) is 2.62. The summed E-state index contributed by atoms with van der Waals surface area (Å²) in [6.45, 7) is 3.37. The fourth-order valence-corrected chi connectivity index (χ4v) is 2.89. The number of nitrogens with one attached hydrogen (secondary N) is 2. The molecule has 3 rings (SSSR count). The van der Waals surface area contributed by atoms with Crippen LogP contribution in [0.4, 0.5) is 4.39 Å². The highest BCUT2D eigenvalue weighted by molar-refractivity contribution is 5.95. The molecule has 0 aliphatic heterocycles. The van der Waals surface area contributed by atoms with Gasteiger partial charge in [-0.1, -0.05) is 24.3 Å². The van der Waals surface area contributed by atoms with Crippen molar-refractivity contribution in [3.63, 3.8) is 0 Å². The number of hydrogen-bond acceptors (Lipinski definition) is 3. The van der Waals surface area contributed by atoms with Gasteiger partial charge in [0.05, 0.1) is 18.3 Å². The van der Waals surface area contributed by atoms with Crippen LogP contribution in [0.2, 0.25) is 0 Å². The molecule has 26 heavy (non-hydrogen) atoms. The number of aromatic nitrogens is 2. The number of halogens is 1. The number of aliphatic hydroxyl groups is 1. The van der Waals surface area contributed by atoms with Crippen LogP contribution in [0.25, 0.3) is 11.1 Å². The Morgan fingerprint density at radius 3 is 2.62 bits per heavy atom. The summed E-state index contributed by atoms with van der Waals surface area (Å²) in [5.41, 5.74) is 3.07. The predicted octanol–water partition coefficient (Wildman–Crippen LogP) is 3.76. The number of aliphatic hydroxyl groups excluding tert-OH is 1. The van der Waals surface area contributed by atoms with Crippen LogP contribution < -0.4 is 5.32 Å². The zero-order valence-corrected chi connectivity index (χ0v) is 14.5. The van der Waals surface area contributed by atoms with Crippen molar-refractivity contribution in [3.05, 3.63) is 77.4 Å². The Morgan fingerprint density at radius 1 is 1.19 bits per heavy atom. The molecule has 2 aromatic carbocycles. The topological polar surface area (TPSA) is 78.0 Å². The van der Waals surface area contributed by atoms with Gasteiger partial charge in [0.1, 0.15) is 5.82 Å². The molecule has 0 bridgehead atoms. The molecule has 1 aromatic heterocycles. The fourth-order valence-electron chi connectivity index (χ4n) is 2.89. The minimum Gasteiger partial charge on any atom is -0.389 e. The van der Waals surface area contributed by atoms with Gasteiger partial charge in [0, 0.05) is 22.9 Å². The molecule has 3 N–H and O–H groups in total. The summed E-state index contributed by atoms with van der Waals surface area (Å²) in [5, 5.41) is 19.5. The lowest BCUT2D eigenvalue weighted by Crippen LogP contribution is -2.27. The Balaban J connectivity index is 1.86. The minimum atomic E-state index is -0.753. The first-order valence-corrected chi connectivity index (χ1v) is 8.34. The van der Waals surface area contributed by atoms with Gasteiger partial charge in [-0.25, -0.2) is 4.39 Å². The lowest BCUT2D eigenvalue weighted by Gasteiger charge is -2.17. The number of amides is 1. The third-order valence-electron chi connectivity index (χ3n) is 4.29. The van der Waals surface area contributed by atoms with Gasteiger partial charge in [-0.05, 0) is 43.2 Å². The summed E-state index contributed by atoms with van der Waals surface area (Å²) in [7, 11) is 0. The van der Waals surface area contributed by atoms with Crippen LogP contribution >= 0.6 is 0 Å². The molecule has 0 fully saturated rings. The van der Waals surface area contributed by atoms with Gasteiger partial charge in [-0.2, -0.15) is 5.10 Å². The highest BCUT2D eigenvalue weighted by Crippen LogP contribution is 2.29. The largest absolute Gasteiger partial charge is 0.389 e. The van der Waals surface area contributed by atoms with Gasteiger partial charge >= 0.3 is 0 Å². The van der Waals surface area contributed by atoms with Crippen LogP contribution in [0.1, 0.15) is 47.5 Å². The summed E-state index contributed by atoms with van der Waals surface area (Å²) in [5.74, 6) is -0.693. The van der Waals surface area contributed by atoms with Crippen molar-refractivity contribution in [1.29, 1.82) is 0 Å². The molecule has 0 radical (unpaired) electrons. The predicted molar refractivity (Wildman–Crippen MR) is 96.9 cm³/mol. The zero-order chi connectivity index (χ0) is 18.7. The number of H-pyrrole nitrogens is 1. The number of hydrogen-bond donors (Lipinski definition) is 3. The van der Waals surface area contributed by atoms with Gasteiger partial charge in [0.15, 0.2) is 0 Å². The number of carbonyl (C=O) groups is 1. The van der Waals surface area contributed by atoms with Crippen LogP contribution in [0, 0.1) is 5.82 Å². The van der Waals surface area contributed by atoms with E-state index in [1.165, 1.54) is 6.07 Å². The molecule has 0 aliphatic rings. The molecular formula is C20H20FN3O2. The van der Waals surface area contributed by atoms with Crippen molar-refractivity contribution < 1.29 is 14.3 Å². The van der Waals surface area contributed by atoms with Gasteiger partial charge < -0.3 is 10.4 Å². The Kier molecular flexibility index (Phi) is 5.14. The normalized spacial score (nSPS) is 13.2. The third-order valence-corrected chi connectivity index (χ3v) is 4.29. The molecular weight excluding hydrogens is 333 g/mol. The fraction of sp³-hybridized carbons (Fsp3) is 0.200. The quantitative estimate of drug-likeness (QED) is 0.653. The van der Waals surface area contributed by atoms with Crippen molar-refractivity contribution in [2.45, 2.75) is 26.0 Å². The summed E-state index contributed by atoms with van der Waals surface area (Å²) in [6, 6.07) is 11.0. The van der Waals surface area contributed by atoms with E-state index in [9.17, 15) is 14.3 Å². The number of benzene rings is 2. The lowest BCUT2D eigenvalue weighted by molar-refractivity contribution is 0.0939. The molecule has 0 saturated carbocycles. The van der Waals surface area contributed by atoms with E-state index in [2.05, 4.69) is 15.5 Å². The zero-order valence-electron chi connectivity index (χ0n) is 14.5. The van der Waals surface area contributed by atoms with E-state index in [1.54, 1.807) is 62.6 Å². The number of aromatic amines is 1. The molecule has 0 aliphatic carbocycles. The summed E-state index contributed by atoms with van der Waals surface area (Å²) in [4.78, 5) is 12.6. The van der Waals surface area contributed by atoms with Gasteiger partial charge in [-0.15, -0.1) is 0 Å². The Labute approximate surface area is 150 Å². The maximum atomic E-state index is 13.9. The Morgan fingerprint density at radius 2 is 1.96 bits per heavy atom. The number of rotatable bonds is 5. The average Bonchev–Trinajstić information content (AvgIpc) is 3.15. The van der Waals surface area contributed by atoms with E-state index in [0.29, 0.717) is 16.7 Å². The second-order valence-electron chi connectivity index (χ2n) is 6.18. The van der Waals surface area contributed by atoms with E-state index in [4.69, 9.17) is 0 Å². The standard InChI is InChI=1S/C20H20FN3O2/c1-12(16-5-3-4-6-19(16)21)24-20(26)14-7-8-17(15-10-22-23-11-15)18(9-14)13(2)25/h3-13,25H,1-2H3,(H,22,23)(H,24,26)/t12?,13-/m1/s1. The Bertz CT molecular complexity index is 907. The molecule has 134 valence electrons. The first-order valence-electron chi connectivity index (χ1n) is 8.34. The molecule has 6 heteroatoms. The van der Waals surface area contributed by atoms with Crippen LogP contribution in [-0.2, 0) is 0 Å². The first-order chi connectivity index (χ1) is 12.5. The van der Waals surface area contributed by atoms with Gasteiger partial charge in [0.25, 0.3) is 5.91 Å². The summed E-state index contributed by atoms with van der Waals surface area (Å²) >= 11 is 0. The van der Waals surface area contributed by atoms with Crippen molar-refractivity contribution in [2.24, 2.45) is 0 Å². The second kappa shape index (κ2) is 7.49. The molecule has 0 saturated heterocycles. The van der Waals surface area contributed by atoms with Crippen LogP contribution in [0.3, 0.4) is 0 Å². The lowest BCUT2D eigenvalue weighted by atomic mass is 9.96. The van der Waals surface area contributed by atoms with Crippen molar-refractivity contribution in [1.82, 2.24) is 15.5 Å². The van der Waals surface area contributed by atoms with Crippen LogP contribution in [-0.4, -0.2) is 21.2 Å². The molecule has 0 spiro atoms. The highest BCUT2D eigenvalue weighted by Gasteiger charge is 2.17. The second-order valence-corrected chi connectivity index (χ2v) is 6.18. The van der Waals surface area contributed by atoms with E-state index in [-0.39, 0.29) is 11.7 Å². The minimum absolute atomic E-state index is 0.332. The maximum absolute atomic E-state index is 13.9. The molecule has 5 nitrogen and oxygen atoms in total. The highest BCUT2D eigenvalue weighted by atomic mass is 19.1. The molecule has 1 amide bonds. The first kappa shape index (κ1) is 17.8. The molecule has 3 aromatic rings. The van der Waals surface area contributed by atoms with Gasteiger partial charge in [0.2, 0.25) is 0 Å². The average molecular weight is 353 g/mol. The monoisotopic (exact) mass is 353 g/mol. The van der Waals surface area contributed by atoms with E-state index in [1.807, 2.05) is 0 Å². The van der Waals surface area contributed by atoms with Crippen LogP contribution in [0.5, 0.6) is 0 Å². The Hall–Kier alpha value is -2.99. The van der Waals surface area contributed by atoms with Crippen molar-refractivity contribution >= 4 is 5.91 Å². The van der Waals surface area contributed by atoms with E-state index in [0.717, 1.165) is 11.1 Å². The molecule has 2 atom stereocenters. The number of nitrogens with zero attached hydrogens (tertiary/aromatic N) is 1. The summed E-state index contributed by atoms with van der Waals surface area (Å²) < 4.78 is 13.9. The van der Waals surface area contributed by atoms with Crippen molar-refractivity contribution in [3.8, 4) is 11.1 Å². The van der Waals surface area contributed by atoms with E-state index >= 15 is 0 Å². The van der Waals surface area contributed by atoms with Crippen molar-refractivity contribution in [2.75, 3.05) is 0 Å². The molecule has 1 unspecified atom stereocenters. The van der Waals surface area contributed by atoms with Crippen LogP contribution in [0.15, 0.2) is 54.9 Å². The third kappa shape index (κ3) is 3.65. The maximum Gasteiger partial charge on any atom is 0.251 e. The van der Waals surface area contributed by atoms with E-state index < -0.39 is 12.1 Å². The number of carbonyl (C=O) groups excluding carboxylic acids is 1. The SMILES string of the molecule is CC(NC(=O)c1ccc(-c2cn[nH]c2)c([C@@H](C)O)c1)c1ccccc1F. The van der Waals surface area contributed by atoms with Gasteiger partial charge in [-0.3, -0.25) is 9.89 Å².